The van der Waals surface area contributed by atoms with E-state index in [1.807, 2.05) is 18.2 Å². The molecule has 9 nitrogen and oxygen atoms in total. The summed E-state index contributed by atoms with van der Waals surface area (Å²) in [6.07, 6.45) is -0.586. The number of Topliss-reactive ketones (excluding diaryl/α,β-unsaturated/α-hetero) is 1. The minimum absolute atomic E-state index is 0.0363. The summed E-state index contributed by atoms with van der Waals surface area (Å²) in [4.78, 5) is 12.7. The standard InChI is InChI=1S/C22H26N4O5S2/c1-25(2)33(28,29)18-12-8-11-17(13-18)21-23-24-22(26(21)14-20(30-3)31-4)32-15-19(27)16-9-6-5-7-10-16/h5-13,20H,14-15H2,1-4H3. The minimum atomic E-state index is -3.62. The number of rotatable bonds is 11. The van der Waals surface area contributed by atoms with Gasteiger partial charge in [-0.2, -0.15) is 0 Å². The maximum atomic E-state index is 12.6. The van der Waals surface area contributed by atoms with Crippen LogP contribution in [0.4, 0.5) is 0 Å². The van der Waals surface area contributed by atoms with Crippen molar-refractivity contribution in [3.8, 4) is 11.4 Å². The van der Waals surface area contributed by atoms with Gasteiger partial charge in [0.15, 0.2) is 23.1 Å². The molecule has 0 saturated heterocycles. The normalized spacial score (nSPS) is 11.9. The molecule has 0 spiro atoms. The van der Waals surface area contributed by atoms with E-state index in [9.17, 15) is 13.2 Å². The Hall–Kier alpha value is -2.57. The molecule has 0 saturated carbocycles. The maximum Gasteiger partial charge on any atom is 0.242 e. The van der Waals surface area contributed by atoms with Crippen LogP contribution in [-0.4, -0.2) is 73.6 Å². The first-order chi connectivity index (χ1) is 15.8. The Morgan fingerprint density at radius 1 is 1.06 bits per heavy atom. The van der Waals surface area contributed by atoms with Crippen molar-refractivity contribution in [3.05, 3.63) is 60.2 Å². The summed E-state index contributed by atoms with van der Waals surface area (Å²) < 4.78 is 38.8. The number of methoxy groups -OCH3 is 2. The lowest BCUT2D eigenvalue weighted by molar-refractivity contribution is -0.111. The van der Waals surface area contributed by atoms with Crippen LogP contribution in [-0.2, 0) is 26.0 Å². The highest BCUT2D eigenvalue weighted by atomic mass is 32.2. The average molecular weight is 491 g/mol. The molecule has 176 valence electrons. The number of nitrogens with zero attached hydrogens (tertiary/aromatic N) is 4. The molecule has 3 rings (SSSR count). The molecule has 0 unspecified atom stereocenters. The fourth-order valence-corrected chi connectivity index (χ4v) is 4.80. The number of thioether (sulfide) groups is 1. The molecule has 33 heavy (non-hydrogen) atoms. The molecule has 2 aromatic carbocycles. The smallest absolute Gasteiger partial charge is 0.242 e. The summed E-state index contributed by atoms with van der Waals surface area (Å²) in [6.45, 7) is 0.252. The van der Waals surface area contributed by atoms with Crippen molar-refractivity contribution >= 4 is 27.6 Å². The van der Waals surface area contributed by atoms with E-state index in [4.69, 9.17) is 9.47 Å². The van der Waals surface area contributed by atoms with Crippen molar-refractivity contribution in [1.82, 2.24) is 19.1 Å². The van der Waals surface area contributed by atoms with Crippen LogP contribution in [0.5, 0.6) is 0 Å². The van der Waals surface area contributed by atoms with Crippen LogP contribution < -0.4 is 0 Å². The first kappa shape index (κ1) is 25.1. The predicted molar refractivity (Wildman–Crippen MR) is 126 cm³/mol. The third-order valence-corrected chi connectivity index (χ3v) is 7.65. The molecular weight excluding hydrogens is 464 g/mol. The fraction of sp³-hybridized carbons (Fsp3) is 0.318. The lowest BCUT2D eigenvalue weighted by atomic mass is 10.2. The molecule has 11 heteroatoms. The fourth-order valence-electron chi connectivity index (χ4n) is 3.01. The topological polar surface area (TPSA) is 104 Å². The van der Waals surface area contributed by atoms with Crippen molar-refractivity contribution < 1.29 is 22.7 Å². The van der Waals surface area contributed by atoms with Crippen molar-refractivity contribution in [3.63, 3.8) is 0 Å². The van der Waals surface area contributed by atoms with Crippen molar-refractivity contribution in [2.75, 3.05) is 34.1 Å². The summed E-state index contributed by atoms with van der Waals surface area (Å²) in [7, 11) is 2.38. The number of hydrogen-bond donors (Lipinski definition) is 0. The Labute approximate surface area is 197 Å². The molecule has 0 fully saturated rings. The zero-order valence-electron chi connectivity index (χ0n) is 18.8. The van der Waals surface area contributed by atoms with E-state index in [-0.39, 0.29) is 23.0 Å². The highest BCUT2D eigenvalue weighted by molar-refractivity contribution is 7.99. The third kappa shape index (κ3) is 5.87. The molecule has 0 aliphatic carbocycles. The van der Waals surface area contributed by atoms with E-state index in [1.54, 1.807) is 34.9 Å². The number of benzene rings is 2. The first-order valence-electron chi connectivity index (χ1n) is 10.0. The number of carbonyl (C=O) groups is 1. The van der Waals surface area contributed by atoms with E-state index >= 15 is 0 Å². The lowest BCUT2D eigenvalue weighted by Gasteiger charge is -2.17. The molecule has 0 amide bonds. The Morgan fingerprint density at radius 3 is 2.39 bits per heavy atom. The van der Waals surface area contributed by atoms with Crippen LogP contribution >= 0.6 is 11.8 Å². The Morgan fingerprint density at radius 2 is 1.76 bits per heavy atom. The lowest BCUT2D eigenvalue weighted by Crippen LogP contribution is -2.23. The van der Waals surface area contributed by atoms with Crippen LogP contribution in [0.2, 0.25) is 0 Å². The van der Waals surface area contributed by atoms with Gasteiger partial charge in [0.2, 0.25) is 10.0 Å². The first-order valence-corrected chi connectivity index (χ1v) is 12.4. The molecule has 3 aromatic rings. The zero-order valence-corrected chi connectivity index (χ0v) is 20.5. The van der Waals surface area contributed by atoms with Crippen LogP contribution in [0.1, 0.15) is 10.4 Å². The highest BCUT2D eigenvalue weighted by Crippen LogP contribution is 2.27. The van der Waals surface area contributed by atoms with Gasteiger partial charge >= 0.3 is 0 Å². The second-order valence-electron chi connectivity index (χ2n) is 7.21. The monoisotopic (exact) mass is 490 g/mol. The second kappa shape index (κ2) is 11.0. The third-order valence-electron chi connectivity index (χ3n) is 4.87. The van der Waals surface area contributed by atoms with Gasteiger partial charge in [-0.3, -0.25) is 9.36 Å². The van der Waals surface area contributed by atoms with E-state index < -0.39 is 16.3 Å². The van der Waals surface area contributed by atoms with E-state index in [1.165, 1.54) is 46.1 Å². The van der Waals surface area contributed by atoms with E-state index in [0.29, 0.717) is 22.1 Å². The van der Waals surface area contributed by atoms with Gasteiger partial charge in [0.1, 0.15) is 0 Å². The van der Waals surface area contributed by atoms with Gasteiger partial charge in [-0.15, -0.1) is 10.2 Å². The SMILES string of the molecule is COC(Cn1c(SCC(=O)c2ccccc2)nnc1-c1cccc(S(=O)(=O)N(C)C)c1)OC. The van der Waals surface area contributed by atoms with E-state index in [2.05, 4.69) is 10.2 Å². The molecule has 0 radical (unpaired) electrons. The van der Waals surface area contributed by atoms with Gasteiger partial charge < -0.3 is 9.47 Å². The zero-order chi connectivity index (χ0) is 24.0. The summed E-state index contributed by atoms with van der Waals surface area (Å²) in [5.41, 5.74) is 1.18. The van der Waals surface area contributed by atoms with Crippen LogP contribution in [0.3, 0.4) is 0 Å². The van der Waals surface area contributed by atoms with Crippen LogP contribution in [0.15, 0.2) is 64.6 Å². The highest BCUT2D eigenvalue weighted by Gasteiger charge is 2.22. The van der Waals surface area contributed by atoms with Crippen LogP contribution in [0, 0.1) is 0 Å². The van der Waals surface area contributed by atoms with Gasteiger partial charge in [-0.25, -0.2) is 12.7 Å². The molecule has 0 N–H and O–H groups in total. The number of hydrogen-bond acceptors (Lipinski definition) is 8. The quantitative estimate of drug-likeness (QED) is 0.230. The van der Waals surface area contributed by atoms with Crippen molar-refractivity contribution in [2.45, 2.75) is 22.9 Å². The van der Waals surface area contributed by atoms with E-state index in [0.717, 1.165) is 4.31 Å². The predicted octanol–water partition coefficient (Wildman–Crippen LogP) is 2.79. The van der Waals surface area contributed by atoms with Crippen molar-refractivity contribution in [1.29, 1.82) is 0 Å². The summed E-state index contributed by atoms with van der Waals surface area (Å²) in [5, 5.41) is 9.04. The number of carbonyl (C=O) groups excluding carboxylic acids is 1. The number of aromatic nitrogens is 3. The molecule has 0 aliphatic rings. The molecule has 0 bridgehead atoms. The van der Waals surface area contributed by atoms with Gasteiger partial charge in [0.25, 0.3) is 0 Å². The average Bonchev–Trinajstić information content (AvgIpc) is 3.23. The maximum absolute atomic E-state index is 12.6. The largest absolute Gasteiger partial charge is 0.354 e. The summed E-state index contributed by atoms with van der Waals surface area (Å²) >= 11 is 1.25. The Kier molecular flexibility index (Phi) is 8.38. The van der Waals surface area contributed by atoms with Crippen LogP contribution in [0.25, 0.3) is 11.4 Å². The number of ketones is 1. The molecule has 1 aromatic heterocycles. The van der Waals surface area contributed by atoms with Gasteiger partial charge in [0.05, 0.1) is 17.2 Å². The number of sulfonamides is 1. The molecule has 1 heterocycles. The molecule has 0 aliphatic heterocycles. The Bertz CT molecular complexity index is 1190. The number of ether oxygens (including phenoxy) is 2. The second-order valence-corrected chi connectivity index (χ2v) is 10.3. The summed E-state index contributed by atoms with van der Waals surface area (Å²) in [6, 6.07) is 15.5. The molecular formula is C22H26N4O5S2. The molecule has 0 atom stereocenters. The van der Waals surface area contributed by atoms with Gasteiger partial charge in [0, 0.05) is 39.4 Å². The Balaban J connectivity index is 1.95. The minimum Gasteiger partial charge on any atom is -0.354 e. The van der Waals surface area contributed by atoms with Gasteiger partial charge in [-0.1, -0.05) is 54.2 Å². The van der Waals surface area contributed by atoms with Crippen molar-refractivity contribution in [2.24, 2.45) is 0 Å². The summed E-state index contributed by atoms with van der Waals surface area (Å²) in [5.74, 6) is 0.576. The van der Waals surface area contributed by atoms with Gasteiger partial charge in [-0.05, 0) is 12.1 Å².